The van der Waals surface area contributed by atoms with Gasteiger partial charge < -0.3 is 10.2 Å². The van der Waals surface area contributed by atoms with E-state index in [-0.39, 0.29) is 11.8 Å². The van der Waals surface area contributed by atoms with Crippen LogP contribution in [0.4, 0.5) is 0 Å². The molecule has 4 nitrogen and oxygen atoms in total. The molecular formula is C22H28N2O2. The Morgan fingerprint density at radius 1 is 0.962 bits per heavy atom. The van der Waals surface area contributed by atoms with E-state index in [1.165, 1.54) is 5.56 Å². The van der Waals surface area contributed by atoms with E-state index in [2.05, 4.69) is 36.5 Å². The van der Waals surface area contributed by atoms with Crippen LogP contribution in [0, 0.1) is 0 Å². The quantitative estimate of drug-likeness (QED) is 0.792. The third kappa shape index (κ3) is 5.45. The van der Waals surface area contributed by atoms with Crippen LogP contribution < -0.4 is 5.32 Å². The number of benzene rings is 2. The van der Waals surface area contributed by atoms with Gasteiger partial charge in [0.15, 0.2) is 0 Å². The molecule has 26 heavy (non-hydrogen) atoms. The first kappa shape index (κ1) is 19.7. The second-order valence-corrected chi connectivity index (χ2v) is 6.47. The van der Waals surface area contributed by atoms with Gasteiger partial charge in [0.1, 0.15) is 6.04 Å². The van der Waals surface area contributed by atoms with Gasteiger partial charge in [-0.15, -0.1) is 0 Å². The molecule has 0 aromatic heterocycles. The van der Waals surface area contributed by atoms with Crippen LogP contribution >= 0.6 is 0 Å². The highest BCUT2D eigenvalue weighted by atomic mass is 16.2. The summed E-state index contributed by atoms with van der Waals surface area (Å²) in [6.45, 7) is 4.33. The van der Waals surface area contributed by atoms with Gasteiger partial charge in [-0.3, -0.25) is 9.59 Å². The van der Waals surface area contributed by atoms with Gasteiger partial charge in [-0.25, -0.2) is 0 Å². The molecule has 2 aromatic carbocycles. The summed E-state index contributed by atoms with van der Waals surface area (Å²) in [5, 5.41) is 2.64. The van der Waals surface area contributed by atoms with Crippen molar-refractivity contribution in [3.8, 4) is 0 Å². The van der Waals surface area contributed by atoms with Crippen LogP contribution in [-0.4, -0.2) is 29.8 Å². The van der Waals surface area contributed by atoms with Gasteiger partial charge >= 0.3 is 0 Å². The molecule has 138 valence electrons. The first-order valence-electron chi connectivity index (χ1n) is 9.18. The van der Waals surface area contributed by atoms with Crippen LogP contribution in [0.3, 0.4) is 0 Å². The number of nitrogens with zero attached hydrogens (tertiary/aromatic N) is 1. The van der Waals surface area contributed by atoms with Crippen LogP contribution in [-0.2, 0) is 29.0 Å². The van der Waals surface area contributed by atoms with Crippen LogP contribution in [0.25, 0.3) is 0 Å². The Morgan fingerprint density at radius 3 is 2.15 bits per heavy atom. The van der Waals surface area contributed by atoms with Gasteiger partial charge in [0.2, 0.25) is 11.8 Å². The van der Waals surface area contributed by atoms with E-state index in [0.29, 0.717) is 19.4 Å². The summed E-state index contributed by atoms with van der Waals surface area (Å²) in [6, 6.07) is 17.6. The molecule has 0 spiro atoms. The van der Waals surface area contributed by atoms with E-state index < -0.39 is 6.04 Å². The van der Waals surface area contributed by atoms with Crippen molar-refractivity contribution in [2.75, 3.05) is 7.05 Å². The summed E-state index contributed by atoms with van der Waals surface area (Å²) in [7, 11) is 1.60. The molecule has 1 N–H and O–H groups in total. The van der Waals surface area contributed by atoms with E-state index in [4.69, 9.17) is 0 Å². The third-order valence-corrected chi connectivity index (χ3v) is 4.67. The lowest BCUT2D eigenvalue weighted by atomic mass is 10.0. The number of carbonyl (C=O) groups excluding carboxylic acids is 2. The lowest BCUT2D eigenvalue weighted by Gasteiger charge is -2.28. The average molecular weight is 352 g/mol. The van der Waals surface area contributed by atoms with Crippen molar-refractivity contribution in [1.82, 2.24) is 10.2 Å². The normalized spacial score (nSPS) is 11.7. The fourth-order valence-corrected chi connectivity index (χ4v) is 2.91. The number of aryl methyl sites for hydroxylation is 2. The first-order chi connectivity index (χ1) is 12.5. The SMILES string of the molecule is CCc1ccc(CCC(=O)N(Cc2ccccc2)[C@@H](C)C(=O)NC)cc1. The molecule has 2 rings (SSSR count). The van der Waals surface area contributed by atoms with E-state index in [9.17, 15) is 9.59 Å². The molecular weight excluding hydrogens is 324 g/mol. The van der Waals surface area contributed by atoms with Crippen molar-refractivity contribution in [2.24, 2.45) is 0 Å². The first-order valence-corrected chi connectivity index (χ1v) is 9.18. The summed E-state index contributed by atoms with van der Waals surface area (Å²) in [6.07, 6.45) is 2.07. The number of likely N-dealkylation sites (N-methyl/N-ethyl adjacent to an activating group) is 1. The Balaban J connectivity index is 2.07. The zero-order valence-electron chi connectivity index (χ0n) is 15.9. The highest BCUT2D eigenvalue weighted by Crippen LogP contribution is 2.13. The summed E-state index contributed by atoms with van der Waals surface area (Å²) >= 11 is 0. The minimum atomic E-state index is -0.504. The molecule has 0 saturated heterocycles. The second kappa shape index (κ2) is 9.76. The van der Waals surface area contributed by atoms with Crippen LogP contribution in [0.1, 0.15) is 37.0 Å². The van der Waals surface area contributed by atoms with Gasteiger partial charge in [-0.05, 0) is 36.5 Å². The molecule has 0 heterocycles. The molecule has 0 fully saturated rings. The molecule has 0 aliphatic carbocycles. The number of rotatable bonds is 8. The number of nitrogens with one attached hydrogen (secondary N) is 1. The predicted molar refractivity (Wildman–Crippen MR) is 105 cm³/mol. The molecule has 0 aliphatic rings. The molecule has 0 unspecified atom stereocenters. The van der Waals surface area contributed by atoms with Crippen LogP contribution in [0.2, 0.25) is 0 Å². The molecule has 2 amide bonds. The molecule has 2 aromatic rings. The van der Waals surface area contributed by atoms with Crippen LogP contribution in [0.5, 0.6) is 0 Å². The van der Waals surface area contributed by atoms with Crippen molar-refractivity contribution in [3.63, 3.8) is 0 Å². The minimum Gasteiger partial charge on any atom is -0.357 e. The lowest BCUT2D eigenvalue weighted by molar-refractivity contribution is -0.140. The number of carbonyl (C=O) groups is 2. The highest BCUT2D eigenvalue weighted by molar-refractivity contribution is 5.87. The number of amides is 2. The zero-order valence-corrected chi connectivity index (χ0v) is 15.9. The van der Waals surface area contributed by atoms with Gasteiger partial charge in [-0.1, -0.05) is 61.5 Å². The van der Waals surface area contributed by atoms with Crippen molar-refractivity contribution in [1.29, 1.82) is 0 Å². The maximum absolute atomic E-state index is 12.9. The molecule has 1 atom stereocenters. The number of hydrogen-bond acceptors (Lipinski definition) is 2. The van der Waals surface area contributed by atoms with Gasteiger partial charge in [0.05, 0.1) is 0 Å². The Kier molecular flexibility index (Phi) is 7.39. The van der Waals surface area contributed by atoms with Crippen LogP contribution in [0.15, 0.2) is 54.6 Å². The maximum Gasteiger partial charge on any atom is 0.242 e. The third-order valence-electron chi connectivity index (χ3n) is 4.67. The Hall–Kier alpha value is -2.62. The van der Waals surface area contributed by atoms with E-state index in [1.54, 1.807) is 18.9 Å². The molecule has 0 radical (unpaired) electrons. The van der Waals surface area contributed by atoms with Crippen molar-refractivity contribution < 1.29 is 9.59 Å². The van der Waals surface area contributed by atoms with Crippen molar-refractivity contribution in [3.05, 3.63) is 71.3 Å². The molecule has 4 heteroatoms. The fourth-order valence-electron chi connectivity index (χ4n) is 2.91. The highest BCUT2D eigenvalue weighted by Gasteiger charge is 2.25. The van der Waals surface area contributed by atoms with E-state index in [0.717, 1.165) is 17.5 Å². The van der Waals surface area contributed by atoms with E-state index in [1.807, 2.05) is 30.3 Å². The molecule has 0 saturated carbocycles. The Bertz CT molecular complexity index is 711. The maximum atomic E-state index is 12.9. The van der Waals surface area contributed by atoms with Gasteiger partial charge in [0, 0.05) is 20.0 Å². The number of hydrogen-bond donors (Lipinski definition) is 1. The molecule has 0 aliphatic heterocycles. The zero-order chi connectivity index (χ0) is 18.9. The van der Waals surface area contributed by atoms with Gasteiger partial charge in [0.25, 0.3) is 0 Å². The largest absolute Gasteiger partial charge is 0.357 e. The smallest absolute Gasteiger partial charge is 0.242 e. The summed E-state index contributed by atoms with van der Waals surface area (Å²) in [5.74, 6) is -0.161. The Labute approximate surface area is 156 Å². The standard InChI is InChI=1S/C22H28N2O2/c1-4-18-10-12-19(13-11-18)14-15-21(25)24(17(2)22(26)23-3)16-20-8-6-5-7-9-20/h5-13,17H,4,14-16H2,1-3H3,(H,23,26)/t17-/m0/s1. The second-order valence-electron chi connectivity index (χ2n) is 6.47. The Morgan fingerprint density at radius 2 is 1.58 bits per heavy atom. The lowest BCUT2D eigenvalue weighted by Crippen LogP contribution is -2.46. The van der Waals surface area contributed by atoms with E-state index >= 15 is 0 Å². The van der Waals surface area contributed by atoms with Crippen molar-refractivity contribution in [2.45, 2.75) is 45.7 Å². The minimum absolute atomic E-state index is 0.00970. The summed E-state index contributed by atoms with van der Waals surface area (Å²) in [5.41, 5.74) is 3.45. The predicted octanol–water partition coefficient (Wildman–Crippen LogP) is 3.34. The monoisotopic (exact) mass is 352 g/mol. The topological polar surface area (TPSA) is 49.4 Å². The average Bonchev–Trinajstić information content (AvgIpc) is 2.70. The van der Waals surface area contributed by atoms with Crippen molar-refractivity contribution >= 4 is 11.8 Å². The summed E-state index contributed by atoms with van der Waals surface area (Å²) in [4.78, 5) is 26.6. The van der Waals surface area contributed by atoms with Gasteiger partial charge in [-0.2, -0.15) is 0 Å². The summed E-state index contributed by atoms with van der Waals surface area (Å²) < 4.78 is 0. The fraction of sp³-hybridized carbons (Fsp3) is 0.364. The molecule has 0 bridgehead atoms.